The van der Waals surface area contributed by atoms with Gasteiger partial charge in [-0.15, -0.1) is 0 Å². The van der Waals surface area contributed by atoms with Gasteiger partial charge in [0.05, 0.1) is 13.2 Å². The van der Waals surface area contributed by atoms with Crippen LogP contribution in [-0.2, 0) is 14.3 Å². The highest BCUT2D eigenvalue weighted by atomic mass is 16.5. The maximum Gasteiger partial charge on any atom is 0.326 e. The molecule has 0 aromatic heterocycles. The minimum absolute atomic E-state index is 0.182. The molecule has 0 aliphatic rings. The zero-order chi connectivity index (χ0) is 16.6. The minimum atomic E-state index is -0.676. The van der Waals surface area contributed by atoms with Gasteiger partial charge in [-0.2, -0.15) is 0 Å². The molecule has 0 bridgehead atoms. The van der Waals surface area contributed by atoms with Crippen LogP contribution in [0, 0.1) is 0 Å². The van der Waals surface area contributed by atoms with Gasteiger partial charge in [0.2, 0.25) is 0 Å². The fraction of sp³-hybridized carbons (Fsp3) is 0.938. The average molecular weight is 302 g/mol. The van der Waals surface area contributed by atoms with Gasteiger partial charge in [-0.05, 0) is 55.0 Å². The number of methoxy groups -OCH3 is 1. The summed E-state index contributed by atoms with van der Waals surface area (Å²) in [6.45, 7) is 13.2. The highest BCUT2D eigenvalue weighted by molar-refractivity contribution is 5.80. The van der Waals surface area contributed by atoms with Gasteiger partial charge in [0.25, 0.3) is 0 Å². The van der Waals surface area contributed by atoms with Gasteiger partial charge in [0.1, 0.15) is 5.54 Å². The summed E-state index contributed by atoms with van der Waals surface area (Å²) in [6, 6.07) is 0.750. The monoisotopic (exact) mass is 302 g/mol. The van der Waals surface area contributed by atoms with Crippen LogP contribution < -0.4 is 5.32 Å². The van der Waals surface area contributed by atoms with Gasteiger partial charge in [-0.1, -0.05) is 0 Å². The summed E-state index contributed by atoms with van der Waals surface area (Å²) in [5, 5.41) is 3.37. The lowest BCUT2D eigenvalue weighted by molar-refractivity contribution is -0.151. The molecule has 0 aromatic rings. The molecule has 126 valence electrons. The number of ether oxygens (including phenoxy) is 2. The number of esters is 1. The van der Waals surface area contributed by atoms with Crippen LogP contribution in [0.3, 0.4) is 0 Å². The molecule has 1 N–H and O–H groups in total. The summed E-state index contributed by atoms with van der Waals surface area (Å²) in [6.07, 6.45) is 0.689. The fourth-order valence-electron chi connectivity index (χ4n) is 2.66. The van der Waals surface area contributed by atoms with E-state index in [2.05, 4.69) is 31.1 Å². The number of nitrogens with one attached hydrogen (secondary N) is 1. The van der Waals surface area contributed by atoms with Crippen LogP contribution in [0.5, 0.6) is 0 Å². The third kappa shape index (κ3) is 6.76. The smallest absolute Gasteiger partial charge is 0.326 e. The lowest BCUT2D eigenvalue weighted by Gasteiger charge is -2.37. The molecule has 0 radical (unpaired) electrons. The second-order valence-electron chi connectivity index (χ2n) is 6.37. The molecule has 0 fully saturated rings. The van der Waals surface area contributed by atoms with E-state index in [1.165, 1.54) is 0 Å². The van der Waals surface area contributed by atoms with Gasteiger partial charge in [0.15, 0.2) is 0 Å². The van der Waals surface area contributed by atoms with Crippen molar-refractivity contribution in [2.24, 2.45) is 0 Å². The SMILES string of the molecule is CCOC(=O)C(C)(CC(C)N(C)C(C)COC)NC(C)C. The van der Waals surface area contributed by atoms with E-state index in [9.17, 15) is 4.79 Å². The first-order valence-corrected chi connectivity index (χ1v) is 7.83. The van der Waals surface area contributed by atoms with Crippen LogP contribution in [0.1, 0.15) is 48.0 Å². The maximum absolute atomic E-state index is 12.3. The maximum atomic E-state index is 12.3. The zero-order valence-corrected chi connectivity index (χ0v) is 15.0. The van der Waals surface area contributed by atoms with Crippen molar-refractivity contribution in [2.45, 2.75) is 71.6 Å². The Morgan fingerprint density at radius 3 is 2.24 bits per heavy atom. The Morgan fingerprint density at radius 1 is 1.24 bits per heavy atom. The summed E-state index contributed by atoms with van der Waals surface area (Å²) in [7, 11) is 3.77. The zero-order valence-electron chi connectivity index (χ0n) is 15.0. The van der Waals surface area contributed by atoms with E-state index >= 15 is 0 Å². The molecule has 3 atom stereocenters. The Morgan fingerprint density at radius 2 is 1.81 bits per heavy atom. The van der Waals surface area contributed by atoms with E-state index in [-0.39, 0.29) is 18.1 Å². The molecule has 0 heterocycles. The molecule has 0 saturated carbocycles. The Bertz CT molecular complexity index is 310. The number of hydrogen-bond donors (Lipinski definition) is 1. The Labute approximate surface area is 130 Å². The van der Waals surface area contributed by atoms with Crippen LogP contribution in [0.2, 0.25) is 0 Å². The van der Waals surface area contributed by atoms with E-state index in [0.717, 1.165) is 0 Å². The molecule has 5 nitrogen and oxygen atoms in total. The summed E-state index contributed by atoms with van der Waals surface area (Å²) in [4.78, 5) is 14.6. The number of nitrogens with zero attached hydrogens (tertiary/aromatic N) is 1. The molecular weight excluding hydrogens is 268 g/mol. The normalized spacial score (nSPS) is 17.6. The first-order chi connectivity index (χ1) is 9.67. The Hall–Kier alpha value is -0.650. The highest BCUT2D eigenvalue weighted by Crippen LogP contribution is 2.20. The third-order valence-corrected chi connectivity index (χ3v) is 3.84. The first kappa shape index (κ1) is 20.3. The summed E-state index contributed by atoms with van der Waals surface area (Å²) in [5.74, 6) is -0.182. The van der Waals surface area contributed by atoms with Gasteiger partial charge >= 0.3 is 5.97 Å². The molecule has 5 heteroatoms. The van der Waals surface area contributed by atoms with Crippen molar-refractivity contribution >= 4 is 5.97 Å². The number of carbonyl (C=O) groups is 1. The molecule has 0 amide bonds. The Balaban J connectivity index is 4.91. The van der Waals surface area contributed by atoms with Crippen molar-refractivity contribution in [1.29, 1.82) is 0 Å². The number of carbonyl (C=O) groups excluding carboxylic acids is 1. The molecule has 3 unspecified atom stereocenters. The molecule has 0 spiro atoms. The van der Waals surface area contributed by atoms with E-state index in [1.807, 2.05) is 27.7 Å². The quantitative estimate of drug-likeness (QED) is 0.626. The van der Waals surface area contributed by atoms with E-state index in [1.54, 1.807) is 7.11 Å². The molecule has 21 heavy (non-hydrogen) atoms. The lowest BCUT2D eigenvalue weighted by atomic mass is 9.91. The molecule has 0 saturated heterocycles. The molecule has 0 aromatic carbocycles. The molecular formula is C16H34N2O3. The standard InChI is InChI=1S/C16H34N2O3/c1-9-21-15(19)16(6,17-12(2)3)10-13(4)18(7)14(5)11-20-8/h12-14,17H,9-11H2,1-8H3. The predicted molar refractivity (Wildman–Crippen MR) is 86.5 cm³/mol. The van der Waals surface area contributed by atoms with Crippen LogP contribution in [0.25, 0.3) is 0 Å². The van der Waals surface area contributed by atoms with Crippen LogP contribution >= 0.6 is 0 Å². The number of likely N-dealkylation sites (N-methyl/N-ethyl adjacent to an activating group) is 1. The van der Waals surface area contributed by atoms with Crippen LogP contribution in [0.4, 0.5) is 0 Å². The fourth-order valence-corrected chi connectivity index (χ4v) is 2.66. The third-order valence-electron chi connectivity index (χ3n) is 3.84. The van der Waals surface area contributed by atoms with Gasteiger partial charge in [-0.3, -0.25) is 15.0 Å². The van der Waals surface area contributed by atoms with Crippen molar-refractivity contribution in [3.05, 3.63) is 0 Å². The van der Waals surface area contributed by atoms with Crippen molar-refractivity contribution in [3.8, 4) is 0 Å². The van der Waals surface area contributed by atoms with Crippen molar-refractivity contribution in [3.63, 3.8) is 0 Å². The van der Waals surface area contributed by atoms with Gasteiger partial charge < -0.3 is 9.47 Å². The first-order valence-electron chi connectivity index (χ1n) is 7.83. The largest absolute Gasteiger partial charge is 0.465 e. The second-order valence-corrected chi connectivity index (χ2v) is 6.37. The number of rotatable bonds is 10. The molecule has 0 aliphatic heterocycles. The summed E-state index contributed by atoms with van der Waals surface area (Å²) < 4.78 is 10.5. The van der Waals surface area contributed by atoms with Crippen molar-refractivity contribution < 1.29 is 14.3 Å². The van der Waals surface area contributed by atoms with Crippen LogP contribution in [-0.4, -0.2) is 61.9 Å². The minimum Gasteiger partial charge on any atom is -0.465 e. The van der Waals surface area contributed by atoms with E-state index in [4.69, 9.17) is 9.47 Å². The van der Waals surface area contributed by atoms with E-state index in [0.29, 0.717) is 25.7 Å². The Kier molecular flexibility index (Phi) is 9.09. The van der Waals surface area contributed by atoms with Crippen molar-refractivity contribution in [2.75, 3.05) is 27.4 Å². The number of hydrogen-bond acceptors (Lipinski definition) is 5. The molecule has 0 aliphatic carbocycles. The van der Waals surface area contributed by atoms with E-state index < -0.39 is 5.54 Å². The lowest BCUT2D eigenvalue weighted by Crippen LogP contribution is -2.56. The summed E-state index contributed by atoms with van der Waals surface area (Å²) >= 11 is 0. The van der Waals surface area contributed by atoms with Gasteiger partial charge in [-0.25, -0.2) is 0 Å². The average Bonchev–Trinajstić information content (AvgIpc) is 2.37. The topological polar surface area (TPSA) is 50.8 Å². The highest BCUT2D eigenvalue weighted by Gasteiger charge is 2.37. The van der Waals surface area contributed by atoms with Gasteiger partial charge in [0, 0.05) is 25.2 Å². The summed E-state index contributed by atoms with van der Waals surface area (Å²) in [5.41, 5.74) is -0.676. The predicted octanol–water partition coefficient (Wildman–Crippen LogP) is 2.05. The van der Waals surface area contributed by atoms with Crippen molar-refractivity contribution in [1.82, 2.24) is 10.2 Å². The molecule has 0 rings (SSSR count). The second kappa shape index (κ2) is 9.38. The van der Waals surface area contributed by atoms with Crippen LogP contribution in [0.15, 0.2) is 0 Å².